The highest BCUT2D eigenvalue weighted by Gasteiger charge is 2.32. The van der Waals surface area contributed by atoms with E-state index in [1.165, 1.54) is 18.2 Å². The molecule has 0 spiro atoms. The summed E-state index contributed by atoms with van der Waals surface area (Å²) in [6, 6.07) is 5.09. The first-order valence-corrected chi connectivity index (χ1v) is 5.98. The Morgan fingerprint density at radius 1 is 1.10 bits per heavy atom. The first-order valence-electron chi connectivity index (χ1n) is 5.23. The third kappa shape index (κ3) is 3.26. The van der Waals surface area contributed by atoms with Gasteiger partial charge in [0.2, 0.25) is 0 Å². The Bertz CT molecular complexity index is 647. The number of anilines is 1. The highest BCUT2D eigenvalue weighted by Crippen LogP contribution is 2.37. The SMILES string of the molecule is Nc1ncc(C(F)(F)F)cc1Oc1cc(Cl)ccc1Cl. The summed E-state index contributed by atoms with van der Waals surface area (Å²) in [6.45, 7) is 0. The van der Waals surface area contributed by atoms with Crippen molar-refractivity contribution in [2.24, 2.45) is 0 Å². The molecule has 0 radical (unpaired) electrons. The number of rotatable bonds is 2. The fraction of sp³-hybridized carbons (Fsp3) is 0.0833. The molecule has 1 aromatic heterocycles. The van der Waals surface area contributed by atoms with Gasteiger partial charge in [-0.2, -0.15) is 13.2 Å². The number of alkyl halides is 3. The lowest BCUT2D eigenvalue weighted by Crippen LogP contribution is -2.07. The average Bonchev–Trinajstić information content (AvgIpc) is 2.35. The molecular formula is C12H7Cl2F3N2O. The third-order valence-corrected chi connectivity index (χ3v) is 2.87. The van der Waals surface area contributed by atoms with Gasteiger partial charge in [0.15, 0.2) is 11.6 Å². The number of nitrogen functional groups attached to an aromatic ring is 1. The molecule has 2 N–H and O–H groups in total. The van der Waals surface area contributed by atoms with Crippen molar-refractivity contribution < 1.29 is 17.9 Å². The molecule has 106 valence electrons. The second kappa shape index (κ2) is 5.38. The monoisotopic (exact) mass is 322 g/mol. The van der Waals surface area contributed by atoms with E-state index >= 15 is 0 Å². The molecule has 0 atom stereocenters. The molecule has 2 rings (SSSR count). The predicted octanol–water partition coefficient (Wildman–Crippen LogP) is 4.78. The molecule has 2 aromatic rings. The lowest BCUT2D eigenvalue weighted by atomic mass is 10.2. The largest absolute Gasteiger partial charge is 0.452 e. The van der Waals surface area contributed by atoms with Crippen molar-refractivity contribution in [3.63, 3.8) is 0 Å². The minimum atomic E-state index is -4.54. The maximum Gasteiger partial charge on any atom is 0.418 e. The van der Waals surface area contributed by atoms with E-state index in [0.29, 0.717) is 11.2 Å². The summed E-state index contributed by atoms with van der Waals surface area (Å²) in [5, 5.41) is 0.508. The van der Waals surface area contributed by atoms with E-state index in [0.717, 1.165) is 6.07 Å². The van der Waals surface area contributed by atoms with Crippen LogP contribution < -0.4 is 10.5 Å². The molecule has 8 heteroatoms. The van der Waals surface area contributed by atoms with E-state index < -0.39 is 11.7 Å². The minimum Gasteiger partial charge on any atom is -0.452 e. The predicted molar refractivity (Wildman–Crippen MR) is 70.2 cm³/mol. The van der Waals surface area contributed by atoms with E-state index in [1.807, 2.05) is 0 Å². The van der Waals surface area contributed by atoms with Crippen molar-refractivity contribution in [3.8, 4) is 11.5 Å². The summed E-state index contributed by atoms with van der Waals surface area (Å²) in [5.74, 6) is -0.343. The zero-order valence-electron chi connectivity index (χ0n) is 9.71. The minimum absolute atomic E-state index is 0.0898. The first kappa shape index (κ1) is 14.7. The molecular weight excluding hydrogens is 316 g/mol. The van der Waals surface area contributed by atoms with Crippen LogP contribution in [0, 0.1) is 0 Å². The van der Waals surface area contributed by atoms with Crippen LogP contribution in [0.1, 0.15) is 5.56 Å². The zero-order chi connectivity index (χ0) is 14.9. The molecule has 3 nitrogen and oxygen atoms in total. The smallest absolute Gasteiger partial charge is 0.418 e. The van der Waals surface area contributed by atoms with Crippen LogP contribution in [0.5, 0.6) is 11.5 Å². The molecule has 0 aliphatic carbocycles. The van der Waals surface area contributed by atoms with Crippen molar-refractivity contribution >= 4 is 29.0 Å². The number of pyridine rings is 1. The van der Waals surface area contributed by atoms with Crippen LogP contribution in [0.4, 0.5) is 19.0 Å². The summed E-state index contributed by atoms with van der Waals surface area (Å²) in [6.07, 6.45) is -3.92. The lowest BCUT2D eigenvalue weighted by Gasteiger charge is -2.12. The van der Waals surface area contributed by atoms with Crippen LogP contribution in [0.25, 0.3) is 0 Å². The van der Waals surface area contributed by atoms with Crippen molar-refractivity contribution in [2.75, 3.05) is 5.73 Å². The van der Waals surface area contributed by atoms with Gasteiger partial charge in [-0.15, -0.1) is 0 Å². The Kier molecular flexibility index (Phi) is 3.96. The van der Waals surface area contributed by atoms with E-state index in [-0.39, 0.29) is 22.3 Å². The standard InChI is InChI=1S/C12H7Cl2F3N2O/c13-7-1-2-8(14)9(4-7)20-10-3-6(12(15,16)17)5-19-11(10)18/h1-5H,(H2,18,19). The highest BCUT2D eigenvalue weighted by molar-refractivity contribution is 6.34. The molecule has 0 unspecified atom stereocenters. The number of hydrogen-bond donors (Lipinski definition) is 1. The van der Waals surface area contributed by atoms with E-state index in [1.54, 1.807) is 0 Å². The third-order valence-electron chi connectivity index (χ3n) is 2.32. The average molecular weight is 323 g/mol. The highest BCUT2D eigenvalue weighted by atomic mass is 35.5. The number of nitrogens with two attached hydrogens (primary N) is 1. The molecule has 0 amide bonds. The number of halogens is 5. The van der Waals surface area contributed by atoms with Gasteiger partial charge in [0.05, 0.1) is 10.6 Å². The van der Waals surface area contributed by atoms with Gasteiger partial charge >= 0.3 is 6.18 Å². The Morgan fingerprint density at radius 2 is 1.80 bits per heavy atom. The second-order valence-electron chi connectivity index (χ2n) is 3.78. The molecule has 20 heavy (non-hydrogen) atoms. The Hall–Kier alpha value is -1.66. The van der Waals surface area contributed by atoms with Crippen molar-refractivity contribution in [1.29, 1.82) is 0 Å². The summed E-state index contributed by atoms with van der Waals surface area (Å²) < 4.78 is 43.0. The molecule has 0 aliphatic heterocycles. The summed E-state index contributed by atoms with van der Waals surface area (Å²) in [7, 11) is 0. The summed E-state index contributed by atoms with van der Waals surface area (Å²) in [4.78, 5) is 3.45. The number of benzene rings is 1. The Morgan fingerprint density at radius 3 is 2.45 bits per heavy atom. The summed E-state index contributed by atoms with van der Waals surface area (Å²) >= 11 is 11.6. The molecule has 0 bridgehead atoms. The van der Waals surface area contributed by atoms with Crippen molar-refractivity contribution in [2.45, 2.75) is 6.18 Å². The Balaban J connectivity index is 2.40. The fourth-order valence-corrected chi connectivity index (χ4v) is 1.68. The van der Waals surface area contributed by atoms with Crippen molar-refractivity contribution in [3.05, 3.63) is 46.1 Å². The normalized spacial score (nSPS) is 11.4. The molecule has 0 aliphatic rings. The van der Waals surface area contributed by atoms with Gasteiger partial charge in [-0.05, 0) is 18.2 Å². The van der Waals surface area contributed by atoms with Gasteiger partial charge in [0, 0.05) is 17.3 Å². The quantitative estimate of drug-likeness (QED) is 0.865. The number of nitrogens with zero attached hydrogens (tertiary/aromatic N) is 1. The molecule has 0 saturated carbocycles. The van der Waals surface area contributed by atoms with Crippen LogP contribution in [-0.4, -0.2) is 4.98 Å². The molecule has 1 aromatic carbocycles. The fourth-order valence-electron chi connectivity index (χ4n) is 1.37. The van der Waals surface area contributed by atoms with Crippen LogP contribution >= 0.6 is 23.2 Å². The van der Waals surface area contributed by atoms with Crippen LogP contribution in [0.15, 0.2) is 30.5 Å². The lowest BCUT2D eigenvalue weighted by molar-refractivity contribution is -0.137. The van der Waals surface area contributed by atoms with Gasteiger partial charge in [-0.1, -0.05) is 23.2 Å². The van der Waals surface area contributed by atoms with Gasteiger partial charge in [0.25, 0.3) is 0 Å². The van der Waals surface area contributed by atoms with Gasteiger partial charge in [-0.3, -0.25) is 0 Å². The second-order valence-corrected chi connectivity index (χ2v) is 4.63. The van der Waals surface area contributed by atoms with Crippen LogP contribution in [0.3, 0.4) is 0 Å². The van der Waals surface area contributed by atoms with Gasteiger partial charge in [0.1, 0.15) is 5.75 Å². The van der Waals surface area contributed by atoms with E-state index in [2.05, 4.69) is 4.98 Å². The van der Waals surface area contributed by atoms with Crippen LogP contribution in [-0.2, 0) is 6.18 Å². The first-order chi connectivity index (χ1) is 9.27. The Labute approximate surface area is 122 Å². The van der Waals surface area contributed by atoms with E-state index in [9.17, 15) is 13.2 Å². The molecule has 0 saturated heterocycles. The topological polar surface area (TPSA) is 48.1 Å². The van der Waals surface area contributed by atoms with Crippen molar-refractivity contribution in [1.82, 2.24) is 4.98 Å². The maximum absolute atomic E-state index is 12.6. The summed E-state index contributed by atoms with van der Waals surface area (Å²) in [5.41, 5.74) is 4.52. The number of aromatic nitrogens is 1. The van der Waals surface area contributed by atoms with Crippen LogP contribution in [0.2, 0.25) is 10.0 Å². The zero-order valence-corrected chi connectivity index (χ0v) is 11.2. The molecule has 0 fully saturated rings. The number of ether oxygens (including phenoxy) is 1. The van der Waals surface area contributed by atoms with Gasteiger partial charge < -0.3 is 10.5 Å². The van der Waals surface area contributed by atoms with Gasteiger partial charge in [-0.25, -0.2) is 4.98 Å². The maximum atomic E-state index is 12.6. The molecule has 1 heterocycles. The van der Waals surface area contributed by atoms with E-state index in [4.69, 9.17) is 33.7 Å². The number of hydrogen-bond acceptors (Lipinski definition) is 3.